The fourth-order valence-corrected chi connectivity index (χ4v) is 1.73. The van der Waals surface area contributed by atoms with Crippen molar-refractivity contribution in [3.05, 3.63) is 29.0 Å². The van der Waals surface area contributed by atoms with Gasteiger partial charge in [0.15, 0.2) is 0 Å². The lowest BCUT2D eigenvalue weighted by molar-refractivity contribution is 0.112. The zero-order chi connectivity index (χ0) is 10.3. The molecule has 3 nitrogen and oxygen atoms in total. The first-order chi connectivity index (χ1) is 6.63. The van der Waals surface area contributed by atoms with Crippen LogP contribution in [0.15, 0.2) is 12.1 Å². The Kier molecular flexibility index (Phi) is 1.88. The minimum absolute atomic E-state index is 0.744. The van der Waals surface area contributed by atoms with Crippen LogP contribution in [-0.2, 0) is 7.05 Å². The van der Waals surface area contributed by atoms with Gasteiger partial charge >= 0.3 is 0 Å². The van der Waals surface area contributed by atoms with Crippen molar-refractivity contribution in [2.75, 3.05) is 0 Å². The Balaban J connectivity index is 2.88. The van der Waals surface area contributed by atoms with E-state index in [-0.39, 0.29) is 0 Å². The van der Waals surface area contributed by atoms with Gasteiger partial charge in [-0.3, -0.25) is 9.48 Å². The topological polar surface area (TPSA) is 34.9 Å². The largest absolute Gasteiger partial charge is 0.298 e. The maximum atomic E-state index is 10.8. The lowest BCUT2D eigenvalue weighted by atomic mass is 10.1. The van der Waals surface area contributed by atoms with Crippen LogP contribution < -0.4 is 0 Å². The van der Waals surface area contributed by atoms with E-state index in [1.165, 1.54) is 0 Å². The fraction of sp³-hybridized carbons (Fsp3) is 0.273. The van der Waals surface area contributed by atoms with Gasteiger partial charge in [0.1, 0.15) is 6.29 Å². The number of carbonyl (C=O) groups excluding carboxylic acids is 1. The van der Waals surface area contributed by atoms with Gasteiger partial charge in [-0.05, 0) is 31.5 Å². The molecule has 0 amide bonds. The first-order valence-corrected chi connectivity index (χ1v) is 4.52. The highest BCUT2D eigenvalue weighted by molar-refractivity contribution is 5.90. The van der Waals surface area contributed by atoms with Crippen molar-refractivity contribution >= 4 is 17.2 Å². The number of aldehydes is 1. The van der Waals surface area contributed by atoms with E-state index in [4.69, 9.17) is 0 Å². The minimum atomic E-state index is 0.744. The van der Waals surface area contributed by atoms with Gasteiger partial charge in [0.05, 0.1) is 11.2 Å². The van der Waals surface area contributed by atoms with Crippen molar-refractivity contribution in [2.24, 2.45) is 7.05 Å². The molecule has 0 fully saturated rings. The third-order valence-electron chi connectivity index (χ3n) is 2.55. The maximum absolute atomic E-state index is 10.8. The Labute approximate surface area is 82.3 Å². The first kappa shape index (κ1) is 8.94. The second-order valence-electron chi connectivity index (χ2n) is 3.55. The van der Waals surface area contributed by atoms with Crippen LogP contribution in [0.4, 0.5) is 0 Å². The molecule has 0 atom stereocenters. The summed E-state index contributed by atoms with van der Waals surface area (Å²) in [6.45, 7) is 3.89. The van der Waals surface area contributed by atoms with E-state index in [2.05, 4.69) is 5.10 Å². The van der Waals surface area contributed by atoms with Crippen molar-refractivity contribution in [1.82, 2.24) is 9.78 Å². The molecule has 0 unspecified atom stereocenters. The summed E-state index contributed by atoms with van der Waals surface area (Å²) >= 11 is 0. The second-order valence-corrected chi connectivity index (χ2v) is 3.55. The molecule has 3 heteroatoms. The molecule has 0 aliphatic heterocycles. The number of hydrogen-bond donors (Lipinski definition) is 0. The van der Waals surface area contributed by atoms with Crippen molar-refractivity contribution < 1.29 is 4.79 Å². The Morgan fingerprint density at radius 3 is 2.71 bits per heavy atom. The van der Waals surface area contributed by atoms with Crippen LogP contribution in [0.5, 0.6) is 0 Å². The fourth-order valence-electron chi connectivity index (χ4n) is 1.73. The number of aromatic nitrogens is 2. The van der Waals surface area contributed by atoms with Crippen molar-refractivity contribution in [3.8, 4) is 0 Å². The number of nitrogens with zero attached hydrogens (tertiary/aromatic N) is 2. The molecule has 0 spiro atoms. The van der Waals surface area contributed by atoms with Gasteiger partial charge < -0.3 is 0 Å². The molecule has 1 aromatic heterocycles. The van der Waals surface area contributed by atoms with Gasteiger partial charge in [0.25, 0.3) is 0 Å². The molecule has 0 aliphatic carbocycles. The van der Waals surface area contributed by atoms with E-state index in [9.17, 15) is 4.79 Å². The van der Waals surface area contributed by atoms with E-state index in [0.29, 0.717) is 0 Å². The average Bonchev–Trinajstić information content (AvgIpc) is 2.41. The summed E-state index contributed by atoms with van der Waals surface area (Å²) in [6.07, 6.45) is 0.890. The average molecular weight is 188 g/mol. The van der Waals surface area contributed by atoms with Crippen LogP contribution in [0.25, 0.3) is 10.9 Å². The number of hydrogen-bond acceptors (Lipinski definition) is 2. The Hall–Kier alpha value is -1.64. The van der Waals surface area contributed by atoms with Gasteiger partial charge in [0.2, 0.25) is 0 Å². The highest BCUT2D eigenvalue weighted by Gasteiger charge is 2.07. The van der Waals surface area contributed by atoms with E-state index in [1.54, 1.807) is 0 Å². The Bertz CT molecular complexity index is 511. The summed E-state index contributed by atoms with van der Waals surface area (Å²) in [5.41, 5.74) is 3.78. The van der Waals surface area contributed by atoms with E-state index in [1.807, 2.05) is 37.7 Å². The van der Waals surface area contributed by atoms with Crippen LogP contribution in [0.2, 0.25) is 0 Å². The predicted octanol–water partition coefficient (Wildman–Crippen LogP) is 2.00. The summed E-state index contributed by atoms with van der Waals surface area (Å²) in [4.78, 5) is 10.8. The zero-order valence-electron chi connectivity index (χ0n) is 8.53. The number of carbonyl (C=O) groups is 1. The molecule has 0 saturated heterocycles. The molecule has 72 valence electrons. The summed E-state index contributed by atoms with van der Waals surface area (Å²) in [7, 11) is 1.91. The van der Waals surface area contributed by atoms with Gasteiger partial charge in [-0.15, -0.1) is 0 Å². The standard InChI is InChI=1S/C11H12N2O/c1-7-4-11-10(5-9(7)6-14)8(2)12-13(11)3/h4-6H,1-3H3. The summed E-state index contributed by atoms with van der Waals surface area (Å²) in [6, 6.07) is 3.90. The predicted molar refractivity (Wildman–Crippen MR) is 55.6 cm³/mol. The third-order valence-corrected chi connectivity index (χ3v) is 2.55. The van der Waals surface area contributed by atoms with E-state index < -0.39 is 0 Å². The Morgan fingerprint density at radius 2 is 2.07 bits per heavy atom. The van der Waals surface area contributed by atoms with Crippen LogP contribution in [-0.4, -0.2) is 16.1 Å². The second kappa shape index (κ2) is 2.94. The number of aryl methyl sites for hydroxylation is 3. The molecule has 0 radical (unpaired) electrons. The molecule has 2 aromatic rings. The maximum Gasteiger partial charge on any atom is 0.150 e. The summed E-state index contributed by atoms with van der Waals surface area (Å²) < 4.78 is 1.84. The van der Waals surface area contributed by atoms with Crippen molar-refractivity contribution in [3.63, 3.8) is 0 Å². The molecule has 2 rings (SSSR count). The van der Waals surface area contributed by atoms with Gasteiger partial charge in [0, 0.05) is 18.0 Å². The van der Waals surface area contributed by atoms with Crippen molar-refractivity contribution in [1.29, 1.82) is 0 Å². The Morgan fingerprint density at radius 1 is 1.36 bits per heavy atom. The number of fused-ring (bicyclic) bond motifs is 1. The summed E-state index contributed by atoms with van der Waals surface area (Å²) in [5, 5.41) is 5.36. The number of benzene rings is 1. The molecule has 0 N–H and O–H groups in total. The highest BCUT2D eigenvalue weighted by atomic mass is 16.1. The first-order valence-electron chi connectivity index (χ1n) is 4.52. The molecule has 0 aliphatic rings. The van der Waals surface area contributed by atoms with Gasteiger partial charge in [-0.25, -0.2) is 0 Å². The molecule has 14 heavy (non-hydrogen) atoms. The molecular weight excluding hydrogens is 176 g/mol. The highest BCUT2D eigenvalue weighted by Crippen LogP contribution is 2.21. The quantitative estimate of drug-likeness (QED) is 0.641. The van der Waals surface area contributed by atoms with Crippen LogP contribution in [0, 0.1) is 13.8 Å². The van der Waals surface area contributed by atoms with Crippen LogP contribution >= 0.6 is 0 Å². The monoisotopic (exact) mass is 188 g/mol. The van der Waals surface area contributed by atoms with Gasteiger partial charge in [-0.1, -0.05) is 0 Å². The SMILES string of the molecule is Cc1cc2c(cc1C=O)c(C)nn2C. The van der Waals surface area contributed by atoms with Gasteiger partial charge in [-0.2, -0.15) is 5.10 Å². The molecule has 0 bridgehead atoms. The molecule has 0 saturated carbocycles. The summed E-state index contributed by atoms with van der Waals surface area (Å²) in [5.74, 6) is 0. The van der Waals surface area contributed by atoms with E-state index in [0.717, 1.165) is 34.0 Å². The molecular formula is C11H12N2O. The third kappa shape index (κ3) is 1.13. The number of rotatable bonds is 1. The molecule has 1 heterocycles. The smallest absolute Gasteiger partial charge is 0.150 e. The van der Waals surface area contributed by atoms with Crippen molar-refractivity contribution in [2.45, 2.75) is 13.8 Å². The normalized spacial score (nSPS) is 10.8. The lowest BCUT2D eigenvalue weighted by Crippen LogP contribution is -1.91. The zero-order valence-corrected chi connectivity index (χ0v) is 8.53. The lowest BCUT2D eigenvalue weighted by Gasteiger charge is -1.99. The van der Waals surface area contributed by atoms with Crippen LogP contribution in [0.3, 0.4) is 0 Å². The van der Waals surface area contributed by atoms with Crippen LogP contribution in [0.1, 0.15) is 21.6 Å². The minimum Gasteiger partial charge on any atom is -0.298 e. The molecule has 1 aromatic carbocycles. The van der Waals surface area contributed by atoms with E-state index >= 15 is 0 Å².